The van der Waals surface area contributed by atoms with Gasteiger partial charge in [0.15, 0.2) is 5.78 Å². The molecule has 0 N–H and O–H groups in total. The minimum Gasteiger partial charge on any atom is -0.298 e. The number of rotatable bonds is 3. The number of carbonyl (C=O) groups excluding carboxylic acids is 2. The van der Waals surface area contributed by atoms with Crippen LogP contribution < -0.4 is 0 Å². The third-order valence-electron chi connectivity index (χ3n) is 5.81. The number of Topliss-reactive ketones (excluding diaryl/α,β-unsaturated/α-hetero) is 1. The molecular weight excluding hydrogens is 296 g/mol. The standard InChI is InChI=1S/C22H22O2/c1-3-16-7-19-11-22(12-20(19)8-21(16)14(2)24)9-17-5-4-15(13-23)6-18(17)10-22/h4-8,13H,3,9-12H2,1-2H3. The van der Waals surface area contributed by atoms with Gasteiger partial charge in [0.05, 0.1) is 0 Å². The van der Waals surface area contributed by atoms with Crippen LogP contribution in [-0.4, -0.2) is 12.1 Å². The molecule has 0 radical (unpaired) electrons. The Kier molecular flexibility index (Phi) is 3.45. The Labute approximate surface area is 142 Å². The van der Waals surface area contributed by atoms with E-state index in [4.69, 9.17) is 0 Å². The van der Waals surface area contributed by atoms with Crippen LogP contribution in [0.3, 0.4) is 0 Å². The van der Waals surface area contributed by atoms with Gasteiger partial charge in [-0.05, 0) is 84.4 Å². The summed E-state index contributed by atoms with van der Waals surface area (Å²) in [5, 5.41) is 0. The Morgan fingerprint density at radius 2 is 1.62 bits per heavy atom. The van der Waals surface area contributed by atoms with Gasteiger partial charge in [0.2, 0.25) is 0 Å². The van der Waals surface area contributed by atoms with Crippen LogP contribution in [0, 0.1) is 5.41 Å². The highest BCUT2D eigenvalue weighted by atomic mass is 16.1. The van der Waals surface area contributed by atoms with E-state index in [9.17, 15) is 9.59 Å². The molecule has 122 valence electrons. The van der Waals surface area contributed by atoms with E-state index < -0.39 is 0 Å². The first-order valence-corrected chi connectivity index (χ1v) is 8.76. The number of aryl methyl sites for hydroxylation is 1. The average Bonchev–Trinajstić information content (AvgIpc) is 3.10. The van der Waals surface area contributed by atoms with Crippen LogP contribution in [0.5, 0.6) is 0 Å². The van der Waals surface area contributed by atoms with Crippen molar-refractivity contribution in [2.24, 2.45) is 5.41 Å². The van der Waals surface area contributed by atoms with Crippen molar-refractivity contribution in [3.63, 3.8) is 0 Å². The normalized spacial score (nSPS) is 20.9. The molecule has 2 aliphatic rings. The zero-order valence-corrected chi connectivity index (χ0v) is 14.3. The first-order valence-electron chi connectivity index (χ1n) is 8.76. The minimum absolute atomic E-state index is 0.168. The van der Waals surface area contributed by atoms with Gasteiger partial charge in [0.1, 0.15) is 6.29 Å². The lowest BCUT2D eigenvalue weighted by Crippen LogP contribution is -2.21. The Bertz CT molecular complexity index is 863. The Hall–Kier alpha value is -2.22. The van der Waals surface area contributed by atoms with Crippen molar-refractivity contribution < 1.29 is 9.59 Å². The monoisotopic (exact) mass is 318 g/mol. The highest BCUT2D eigenvalue weighted by Gasteiger charge is 2.42. The lowest BCUT2D eigenvalue weighted by molar-refractivity contribution is 0.101. The summed E-state index contributed by atoms with van der Waals surface area (Å²) in [6, 6.07) is 10.5. The summed E-state index contributed by atoms with van der Waals surface area (Å²) in [7, 11) is 0. The third kappa shape index (κ3) is 2.32. The fourth-order valence-corrected chi connectivity index (χ4v) is 4.74. The number of aldehydes is 1. The summed E-state index contributed by atoms with van der Waals surface area (Å²) in [5.41, 5.74) is 8.57. The van der Waals surface area contributed by atoms with Crippen molar-refractivity contribution >= 4 is 12.1 Å². The minimum atomic E-state index is 0.168. The van der Waals surface area contributed by atoms with Gasteiger partial charge in [0, 0.05) is 11.1 Å². The zero-order chi connectivity index (χ0) is 16.9. The summed E-state index contributed by atoms with van der Waals surface area (Å²) >= 11 is 0. The van der Waals surface area contributed by atoms with Gasteiger partial charge in [-0.25, -0.2) is 0 Å². The Balaban J connectivity index is 1.69. The molecule has 0 heterocycles. The van der Waals surface area contributed by atoms with Crippen LogP contribution in [-0.2, 0) is 32.1 Å². The molecule has 2 aliphatic carbocycles. The fourth-order valence-electron chi connectivity index (χ4n) is 4.74. The summed E-state index contributed by atoms with van der Waals surface area (Å²) < 4.78 is 0. The van der Waals surface area contributed by atoms with Gasteiger partial charge in [-0.1, -0.05) is 25.1 Å². The molecule has 1 unspecified atom stereocenters. The second-order valence-electron chi connectivity index (χ2n) is 7.54. The predicted octanol–water partition coefficient (Wildman–Crippen LogP) is 4.15. The molecule has 2 aromatic carbocycles. The van der Waals surface area contributed by atoms with E-state index >= 15 is 0 Å². The molecule has 24 heavy (non-hydrogen) atoms. The molecule has 4 rings (SSSR count). The average molecular weight is 318 g/mol. The van der Waals surface area contributed by atoms with E-state index in [0.717, 1.165) is 49.5 Å². The summed E-state index contributed by atoms with van der Waals surface area (Å²) in [6.07, 6.45) is 6.07. The molecule has 0 amide bonds. The molecule has 2 aromatic rings. The van der Waals surface area contributed by atoms with Gasteiger partial charge in [-0.15, -0.1) is 0 Å². The van der Waals surface area contributed by atoms with Crippen molar-refractivity contribution in [3.8, 4) is 0 Å². The number of fused-ring (bicyclic) bond motifs is 2. The summed E-state index contributed by atoms with van der Waals surface area (Å²) in [6.45, 7) is 3.78. The topological polar surface area (TPSA) is 34.1 Å². The maximum Gasteiger partial charge on any atom is 0.160 e. The quantitative estimate of drug-likeness (QED) is 0.629. The summed E-state index contributed by atoms with van der Waals surface area (Å²) in [5.74, 6) is 0.168. The van der Waals surface area contributed by atoms with E-state index in [2.05, 4.69) is 31.2 Å². The van der Waals surface area contributed by atoms with Gasteiger partial charge in [0.25, 0.3) is 0 Å². The molecular formula is C22H22O2. The van der Waals surface area contributed by atoms with Gasteiger partial charge in [-0.2, -0.15) is 0 Å². The van der Waals surface area contributed by atoms with Gasteiger partial charge in [-0.3, -0.25) is 9.59 Å². The van der Waals surface area contributed by atoms with Crippen molar-refractivity contribution in [3.05, 3.63) is 69.3 Å². The van der Waals surface area contributed by atoms with Crippen LogP contribution in [0.2, 0.25) is 0 Å². The maximum atomic E-state index is 12.0. The lowest BCUT2D eigenvalue weighted by atomic mass is 9.82. The first-order chi connectivity index (χ1) is 11.5. The van der Waals surface area contributed by atoms with Crippen LogP contribution in [0.4, 0.5) is 0 Å². The molecule has 1 atom stereocenters. The van der Waals surface area contributed by atoms with Crippen LogP contribution in [0.15, 0.2) is 30.3 Å². The molecule has 2 heteroatoms. The summed E-state index contributed by atoms with van der Waals surface area (Å²) in [4.78, 5) is 23.0. The van der Waals surface area contributed by atoms with E-state index in [1.54, 1.807) is 6.92 Å². The van der Waals surface area contributed by atoms with Gasteiger partial charge < -0.3 is 0 Å². The molecule has 0 aliphatic heterocycles. The smallest absolute Gasteiger partial charge is 0.160 e. The highest BCUT2D eigenvalue weighted by Crippen LogP contribution is 2.47. The Morgan fingerprint density at radius 1 is 1.00 bits per heavy atom. The number of ketones is 1. The molecule has 2 nitrogen and oxygen atoms in total. The highest BCUT2D eigenvalue weighted by molar-refractivity contribution is 5.96. The molecule has 0 saturated heterocycles. The largest absolute Gasteiger partial charge is 0.298 e. The molecule has 0 saturated carbocycles. The molecule has 0 fully saturated rings. The number of benzene rings is 2. The zero-order valence-electron chi connectivity index (χ0n) is 14.3. The maximum absolute atomic E-state index is 12.0. The van der Waals surface area contributed by atoms with Crippen molar-refractivity contribution in [2.45, 2.75) is 46.0 Å². The molecule has 0 aromatic heterocycles. The molecule has 0 bridgehead atoms. The predicted molar refractivity (Wildman–Crippen MR) is 94.9 cm³/mol. The SMILES string of the molecule is CCc1cc2c(cc1C(C)=O)CC1(Cc3ccc(C=O)cc3C1)C2. The fraction of sp³-hybridized carbons (Fsp3) is 0.364. The second kappa shape index (κ2) is 5.41. The lowest BCUT2D eigenvalue weighted by Gasteiger charge is -2.21. The number of hydrogen-bond acceptors (Lipinski definition) is 2. The number of hydrogen-bond donors (Lipinski definition) is 0. The van der Waals surface area contributed by atoms with E-state index in [0.29, 0.717) is 0 Å². The van der Waals surface area contributed by atoms with Crippen LogP contribution in [0.1, 0.15) is 62.4 Å². The Morgan fingerprint density at radius 3 is 2.25 bits per heavy atom. The van der Waals surface area contributed by atoms with E-state index in [1.165, 1.54) is 27.8 Å². The van der Waals surface area contributed by atoms with Crippen molar-refractivity contribution in [1.82, 2.24) is 0 Å². The van der Waals surface area contributed by atoms with Crippen molar-refractivity contribution in [2.75, 3.05) is 0 Å². The third-order valence-corrected chi connectivity index (χ3v) is 5.81. The second-order valence-corrected chi connectivity index (χ2v) is 7.54. The van der Waals surface area contributed by atoms with Crippen molar-refractivity contribution in [1.29, 1.82) is 0 Å². The van der Waals surface area contributed by atoms with Crippen LogP contribution in [0.25, 0.3) is 0 Å². The van der Waals surface area contributed by atoms with Crippen LogP contribution >= 0.6 is 0 Å². The number of carbonyl (C=O) groups is 2. The van der Waals surface area contributed by atoms with E-state index in [1.807, 2.05) is 6.07 Å². The first kappa shape index (κ1) is 15.3. The van der Waals surface area contributed by atoms with E-state index in [-0.39, 0.29) is 11.2 Å². The molecule has 1 spiro atoms. The van der Waals surface area contributed by atoms with Gasteiger partial charge >= 0.3 is 0 Å².